The van der Waals surface area contributed by atoms with E-state index in [9.17, 15) is 28.7 Å². The molecule has 0 spiro atoms. The lowest BCUT2D eigenvalue weighted by Crippen LogP contribution is -2.15. The van der Waals surface area contributed by atoms with Crippen molar-refractivity contribution in [1.82, 2.24) is 4.98 Å². The van der Waals surface area contributed by atoms with Crippen molar-refractivity contribution >= 4 is 64.6 Å². The fraction of sp³-hybridized carbons (Fsp3) is 0.583. The summed E-state index contributed by atoms with van der Waals surface area (Å²) in [7, 11) is -18.1. The molecule has 0 saturated carbocycles. The third-order valence-electron chi connectivity index (χ3n) is 3.09. The minimum absolute atomic E-state index is 0.109. The first-order valence-corrected chi connectivity index (χ1v) is 18.7. The van der Waals surface area contributed by atoms with E-state index in [0.29, 0.717) is 10.3 Å². The van der Waals surface area contributed by atoms with Crippen LogP contribution in [0.1, 0.15) is 12.1 Å². The molecule has 30 heavy (non-hydrogen) atoms. The molecule has 11 nitrogen and oxygen atoms in total. The molecular weight excluding hydrogens is 584 g/mol. The molecule has 0 radical (unpaired) electrons. The van der Waals surface area contributed by atoms with E-state index < -0.39 is 54.1 Å². The highest BCUT2D eigenvalue weighted by atomic mass is 79.9. The molecule has 0 fully saturated rings. The van der Waals surface area contributed by atoms with Gasteiger partial charge in [-0.25, -0.2) is 4.98 Å². The van der Waals surface area contributed by atoms with Crippen LogP contribution in [0.15, 0.2) is 22.8 Å². The Bertz CT molecular complexity index is 703. The molecule has 0 aromatic carbocycles. The Morgan fingerprint density at radius 2 is 1.30 bits per heavy atom. The maximum absolute atomic E-state index is 13.6. The molecule has 0 saturated heterocycles. The summed E-state index contributed by atoms with van der Waals surface area (Å²) >= 11 is 3.24. The van der Waals surface area contributed by atoms with Gasteiger partial charge in [0.1, 0.15) is 4.60 Å². The number of hydrogen-bond donors (Lipinski definition) is 4. The molecule has 0 amide bonds. The maximum atomic E-state index is 13.6. The number of aromatic nitrogens is 1. The van der Waals surface area contributed by atoms with E-state index in [0.717, 1.165) is 0 Å². The topological polar surface area (TPSA) is 165 Å². The molecule has 0 aliphatic rings. The van der Waals surface area contributed by atoms with E-state index in [1.54, 1.807) is 18.2 Å². The summed E-state index contributed by atoms with van der Waals surface area (Å²) in [6, 6.07) is 5.10. The van der Waals surface area contributed by atoms with Gasteiger partial charge in [0.05, 0.1) is 0 Å². The highest BCUT2D eigenvalue weighted by Crippen LogP contribution is 2.80. The second kappa shape index (κ2) is 13.4. The highest BCUT2D eigenvalue weighted by molar-refractivity contribution is 9.10. The number of rotatable bonds is 13. The number of aryl methyl sites for hydroxylation is 1. The zero-order chi connectivity index (χ0) is 23.1. The van der Waals surface area contributed by atoms with Crippen LogP contribution in [0.4, 0.5) is 0 Å². The van der Waals surface area contributed by atoms with Crippen LogP contribution in [0.2, 0.25) is 0 Å². The van der Waals surface area contributed by atoms with Gasteiger partial charge < -0.3 is 19.6 Å². The Morgan fingerprint density at radius 1 is 0.900 bits per heavy atom. The van der Waals surface area contributed by atoms with Crippen molar-refractivity contribution in [2.75, 3.05) is 26.7 Å². The Hall–Kier alpha value is 1.49. The molecule has 1 rings (SSSR count). The Labute approximate surface area is 188 Å². The second-order valence-electron chi connectivity index (χ2n) is 5.73. The lowest BCUT2D eigenvalue weighted by atomic mass is 10.2. The van der Waals surface area contributed by atoms with Crippen molar-refractivity contribution in [2.45, 2.75) is 18.2 Å². The molecule has 1 aromatic rings. The van der Waals surface area contributed by atoms with Crippen LogP contribution in [0.3, 0.4) is 0 Å². The smallest absolute Gasteiger partial charge is 0.350 e. The molecule has 1 aromatic heterocycles. The lowest BCUT2D eigenvalue weighted by molar-refractivity contribution is 0.347. The summed E-state index contributed by atoms with van der Waals surface area (Å²) in [5.74, 6) is 0. The zero-order valence-electron chi connectivity index (χ0n) is 16.5. The molecular formula is C12H24BrNO10P6. The van der Waals surface area contributed by atoms with Gasteiger partial charge >= 0.3 is 15.2 Å². The van der Waals surface area contributed by atoms with Crippen LogP contribution in [-0.2, 0) is 32.8 Å². The predicted molar refractivity (Wildman–Crippen MR) is 124 cm³/mol. The van der Waals surface area contributed by atoms with Crippen molar-refractivity contribution < 1.29 is 45.9 Å². The third-order valence-corrected chi connectivity index (χ3v) is 14.6. The quantitative estimate of drug-likeness (QED) is 0.170. The van der Waals surface area contributed by atoms with Gasteiger partial charge in [-0.15, -0.1) is 0 Å². The van der Waals surface area contributed by atoms with Crippen molar-refractivity contribution in [3.63, 3.8) is 0 Å². The summed E-state index contributed by atoms with van der Waals surface area (Å²) in [6.45, 7) is 4.88. The molecule has 4 unspecified atom stereocenters. The predicted octanol–water partition coefficient (Wildman–Crippen LogP) is 5.29. The van der Waals surface area contributed by atoms with Gasteiger partial charge in [0.25, 0.3) is 0 Å². The molecule has 0 aliphatic carbocycles. The summed E-state index contributed by atoms with van der Waals surface area (Å²) < 4.78 is 48.2. The first-order chi connectivity index (χ1) is 13.8. The first kappa shape index (κ1) is 29.5. The second-order valence-corrected chi connectivity index (χ2v) is 16.7. The first-order valence-electron chi connectivity index (χ1n) is 8.07. The fourth-order valence-electron chi connectivity index (χ4n) is 2.26. The highest BCUT2D eigenvalue weighted by Gasteiger charge is 2.54. The molecule has 4 atom stereocenters. The van der Waals surface area contributed by atoms with E-state index in [4.69, 9.17) is 17.2 Å². The summed E-state index contributed by atoms with van der Waals surface area (Å²) in [4.78, 5) is 43.2. The van der Waals surface area contributed by atoms with Gasteiger partial charge in [-0.3, -0.25) is 26.4 Å². The van der Waals surface area contributed by atoms with E-state index in [1.165, 1.54) is 26.7 Å². The Morgan fingerprint density at radius 3 is 1.63 bits per heavy atom. The van der Waals surface area contributed by atoms with E-state index in [-0.39, 0.29) is 12.8 Å². The Balaban J connectivity index is 3.45. The van der Waals surface area contributed by atoms with Gasteiger partial charge in [-0.1, -0.05) is 6.07 Å². The molecule has 4 N–H and O–H groups in total. The minimum atomic E-state index is -4.52. The minimum Gasteiger partial charge on any atom is -0.350 e. The van der Waals surface area contributed by atoms with Crippen LogP contribution in [-0.4, -0.2) is 56.6 Å². The lowest BCUT2D eigenvalue weighted by Gasteiger charge is -2.33. The summed E-state index contributed by atoms with van der Waals surface area (Å²) in [5.41, 5.74) is 0.531. The summed E-state index contributed by atoms with van der Waals surface area (Å²) in [5, 5.41) is -1.66. The molecule has 0 aliphatic heterocycles. The van der Waals surface area contributed by atoms with Gasteiger partial charge in [-0.2, -0.15) is 0 Å². The van der Waals surface area contributed by atoms with Gasteiger partial charge in [0.2, 0.25) is 0 Å². The Kier molecular flexibility index (Phi) is 13.2. The fourth-order valence-corrected chi connectivity index (χ4v) is 14.2. The van der Waals surface area contributed by atoms with Crippen LogP contribution >= 0.6 is 64.6 Å². The molecule has 0 bridgehead atoms. The van der Waals surface area contributed by atoms with Crippen LogP contribution in [0.25, 0.3) is 0 Å². The molecule has 1 heterocycles. The maximum Gasteiger partial charge on any atom is 0.356 e. The van der Waals surface area contributed by atoms with Crippen molar-refractivity contribution in [3.05, 3.63) is 28.5 Å². The number of pyridine rings is 1. The zero-order valence-corrected chi connectivity index (χ0v) is 23.4. The number of halogens is 1. The average Bonchev–Trinajstić information content (AvgIpc) is 2.51. The number of nitrogens with zero attached hydrogens (tertiary/aromatic N) is 1. The van der Waals surface area contributed by atoms with E-state index in [2.05, 4.69) is 20.9 Å². The van der Waals surface area contributed by atoms with Crippen molar-refractivity contribution in [3.8, 4) is 0 Å². The van der Waals surface area contributed by atoms with Crippen molar-refractivity contribution in [2.24, 2.45) is 0 Å². The van der Waals surface area contributed by atoms with Gasteiger partial charge in [-0.05, 0) is 40.9 Å². The largest absolute Gasteiger partial charge is 0.356 e. The SMILES string of the molecule is CP(O)OP(=O)(OP(C)O)C(CCc1cccc(Br)n1)P(=O)(OP(C)O)OP(C)O. The normalized spacial score (nSPS) is 21.1. The van der Waals surface area contributed by atoms with Gasteiger partial charge in [0, 0.05) is 32.4 Å². The molecule has 18 heteroatoms. The average molecular weight is 608 g/mol. The van der Waals surface area contributed by atoms with Crippen LogP contribution in [0.5, 0.6) is 0 Å². The van der Waals surface area contributed by atoms with Crippen LogP contribution in [0, 0.1) is 0 Å². The number of hydrogen-bond acceptors (Lipinski definition) is 11. The molecule has 174 valence electrons. The van der Waals surface area contributed by atoms with E-state index in [1.807, 2.05) is 0 Å². The van der Waals surface area contributed by atoms with E-state index >= 15 is 0 Å². The van der Waals surface area contributed by atoms with Crippen LogP contribution < -0.4 is 0 Å². The van der Waals surface area contributed by atoms with Crippen molar-refractivity contribution in [1.29, 1.82) is 0 Å². The standard InChI is InChI=1S/C12H24BrNO10P6/c1-25(15)21-29(19,22-26(2)16)12(9-8-10-6-5-7-11(13)14-10)30(20,23-27(3)17)24-28(4)18/h5-7,12,15-18H,8-9H2,1-4H3. The third kappa shape index (κ3) is 10.2. The van der Waals surface area contributed by atoms with Gasteiger partial charge in [0.15, 0.2) is 38.9 Å². The monoisotopic (exact) mass is 607 g/mol. The summed E-state index contributed by atoms with van der Waals surface area (Å²) in [6.07, 6.45) is -0.0888.